The second-order valence-corrected chi connectivity index (χ2v) is 5.79. The highest BCUT2D eigenvalue weighted by atomic mass is 35.5. The lowest BCUT2D eigenvalue weighted by molar-refractivity contribution is 0.297. The van der Waals surface area contributed by atoms with E-state index >= 15 is 0 Å². The first-order valence-electron chi connectivity index (χ1n) is 5.96. The third-order valence-corrected chi connectivity index (χ3v) is 4.39. The molecule has 5 nitrogen and oxygen atoms in total. The summed E-state index contributed by atoms with van der Waals surface area (Å²) >= 11 is 13.5. The summed E-state index contributed by atoms with van der Waals surface area (Å²) < 4.78 is 5.62. The summed E-state index contributed by atoms with van der Waals surface area (Å²) in [5.41, 5.74) is 2.57. The van der Waals surface area contributed by atoms with Crippen LogP contribution in [0.5, 0.6) is 5.75 Å². The average molecular weight is 341 g/mol. The van der Waals surface area contributed by atoms with Gasteiger partial charge in [0.2, 0.25) is 0 Å². The van der Waals surface area contributed by atoms with E-state index in [1.165, 1.54) is 11.3 Å². The van der Waals surface area contributed by atoms with Crippen molar-refractivity contribution in [3.63, 3.8) is 0 Å². The third-order valence-electron chi connectivity index (χ3n) is 2.78. The van der Waals surface area contributed by atoms with Gasteiger partial charge in [-0.3, -0.25) is 0 Å². The molecule has 0 amide bonds. The molecular formula is C13H10Cl2N4OS. The molecule has 3 N–H and O–H groups in total. The topological polar surface area (TPSA) is 73.1 Å². The van der Waals surface area contributed by atoms with Crippen LogP contribution in [-0.4, -0.2) is 9.97 Å². The molecule has 0 spiro atoms. The number of hydrazine groups is 1. The molecule has 0 bridgehead atoms. The number of halogens is 2. The molecule has 2 aromatic heterocycles. The lowest BCUT2D eigenvalue weighted by atomic mass is 10.3. The van der Waals surface area contributed by atoms with E-state index in [1.807, 2.05) is 11.4 Å². The van der Waals surface area contributed by atoms with E-state index in [9.17, 15) is 0 Å². The van der Waals surface area contributed by atoms with Gasteiger partial charge in [0.25, 0.3) is 0 Å². The van der Waals surface area contributed by atoms with Crippen LogP contribution in [0.4, 0.5) is 5.82 Å². The average Bonchev–Trinajstić information content (AvgIpc) is 2.96. The number of nitrogens with zero attached hydrogens (tertiary/aromatic N) is 2. The zero-order valence-electron chi connectivity index (χ0n) is 10.6. The van der Waals surface area contributed by atoms with Crippen molar-refractivity contribution in [2.24, 2.45) is 5.84 Å². The minimum Gasteiger partial charge on any atom is -0.484 e. The summed E-state index contributed by atoms with van der Waals surface area (Å²) in [6.45, 7) is 0.169. The summed E-state index contributed by atoms with van der Waals surface area (Å²) in [4.78, 5) is 9.58. The Morgan fingerprint density at radius 3 is 2.90 bits per heavy atom. The number of thiophene rings is 1. The van der Waals surface area contributed by atoms with Gasteiger partial charge in [0, 0.05) is 0 Å². The van der Waals surface area contributed by atoms with Crippen LogP contribution in [0.15, 0.2) is 29.6 Å². The zero-order chi connectivity index (χ0) is 14.8. The quantitative estimate of drug-likeness (QED) is 0.557. The van der Waals surface area contributed by atoms with Gasteiger partial charge in [0.1, 0.15) is 22.2 Å². The molecule has 21 heavy (non-hydrogen) atoms. The standard InChI is InChI=1S/C13H10Cl2N4OS/c14-8-2-1-3-9(11(8)15)20-6-10-17-12(19-16)7-4-5-21-13(7)18-10/h1-5H,6,16H2,(H,17,18,19). The second-order valence-electron chi connectivity index (χ2n) is 4.11. The third kappa shape index (κ3) is 2.89. The summed E-state index contributed by atoms with van der Waals surface area (Å²) in [6, 6.07) is 7.11. The molecule has 8 heteroatoms. The minimum absolute atomic E-state index is 0.169. The van der Waals surface area contributed by atoms with Crippen molar-refractivity contribution in [3.05, 3.63) is 45.5 Å². The molecule has 0 saturated carbocycles. The Bertz CT molecular complexity index is 793. The van der Waals surface area contributed by atoms with Crippen LogP contribution in [0.3, 0.4) is 0 Å². The van der Waals surface area contributed by atoms with Crippen LogP contribution < -0.4 is 16.0 Å². The van der Waals surface area contributed by atoms with Crippen LogP contribution in [-0.2, 0) is 6.61 Å². The van der Waals surface area contributed by atoms with Crippen molar-refractivity contribution in [1.29, 1.82) is 0 Å². The van der Waals surface area contributed by atoms with Gasteiger partial charge in [-0.25, -0.2) is 15.8 Å². The lowest BCUT2D eigenvalue weighted by Crippen LogP contribution is -2.11. The van der Waals surface area contributed by atoms with Crippen LogP contribution in [0, 0.1) is 0 Å². The van der Waals surface area contributed by atoms with Crippen molar-refractivity contribution in [1.82, 2.24) is 9.97 Å². The van der Waals surface area contributed by atoms with Gasteiger partial charge < -0.3 is 10.2 Å². The van der Waals surface area contributed by atoms with E-state index < -0.39 is 0 Å². The Balaban J connectivity index is 1.86. The molecule has 2 heterocycles. The molecule has 0 fully saturated rings. The molecule has 0 aliphatic rings. The largest absolute Gasteiger partial charge is 0.484 e. The summed E-state index contributed by atoms with van der Waals surface area (Å²) in [5.74, 6) is 7.04. The minimum atomic E-state index is 0.169. The van der Waals surface area contributed by atoms with Crippen molar-refractivity contribution in [2.45, 2.75) is 6.61 Å². The number of nitrogen functional groups attached to an aromatic ring is 1. The fraction of sp³-hybridized carbons (Fsp3) is 0.0769. The molecule has 3 aromatic rings. The molecule has 1 aromatic carbocycles. The Hall–Kier alpha value is -1.60. The predicted molar refractivity (Wildman–Crippen MR) is 86.0 cm³/mol. The Morgan fingerprint density at radius 1 is 1.24 bits per heavy atom. The molecule has 0 radical (unpaired) electrons. The monoisotopic (exact) mass is 340 g/mol. The highest BCUT2D eigenvalue weighted by Crippen LogP contribution is 2.32. The number of nitrogens with two attached hydrogens (primary N) is 1. The maximum absolute atomic E-state index is 6.07. The van der Waals surface area contributed by atoms with Gasteiger partial charge in [-0.1, -0.05) is 29.3 Å². The molecule has 3 rings (SSSR count). The summed E-state index contributed by atoms with van der Waals surface area (Å²) in [6.07, 6.45) is 0. The summed E-state index contributed by atoms with van der Waals surface area (Å²) in [5, 5.41) is 3.62. The van der Waals surface area contributed by atoms with Gasteiger partial charge in [0.15, 0.2) is 11.6 Å². The molecular weight excluding hydrogens is 331 g/mol. The van der Waals surface area contributed by atoms with Crippen LogP contribution >= 0.6 is 34.5 Å². The molecule has 108 valence electrons. The second kappa shape index (κ2) is 6.03. The fourth-order valence-corrected chi connectivity index (χ4v) is 2.94. The Morgan fingerprint density at radius 2 is 2.10 bits per heavy atom. The predicted octanol–water partition coefficient (Wildman–Crippen LogP) is 3.86. The van der Waals surface area contributed by atoms with E-state index in [0.29, 0.717) is 27.4 Å². The van der Waals surface area contributed by atoms with Gasteiger partial charge in [-0.2, -0.15) is 0 Å². The maximum atomic E-state index is 6.07. The molecule has 0 atom stereocenters. The van der Waals surface area contributed by atoms with Crippen LogP contribution in [0.25, 0.3) is 10.2 Å². The fourth-order valence-electron chi connectivity index (χ4n) is 1.81. The number of anilines is 1. The van der Waals surface area contributed by atoms with Gasteiger partial charge in [-0.15, -0.1) is 11.3 Å². The molecule has 0 unspecified atom stereocenters. The first kappa shape index (κ1) is 14.3. The number of benzene rings is 1. The van der Waals surface area contributed by atoms with Crippen LogP contribution in [0.2, 0.25) is 10.0 Å². The van der Waals surface area contributed by atoms with Crippen molar-refractivity contribution in [2.75, 3.05) is 5.43 Å². The number of fused-ring (bicyclic) bond motifs is 1. The van der Waals surface area contributed by atoms with Gasteiger partial charge >= 0.3 is 0 Å². The Labute approximate surface area is 134 Å². The number of hydrogen-bond donors (Lipinski definition) is 2. The zero-order valence-corrected chi connectivity index (χ0v) is 13.0. The molecule has 0 aliphatic carbocycles. The Kier molecular flexibility index (Phi) is 4.12. The van der Waals surface area contributed by atoms with Gasteiger partial charge in [0.05, 0.1) is 10.4 Å². The number of ether oxygens (including phenoxy) is 1. The summed E-state index contributed by atoms with van der Waals surface area (Å²) in [7, 11) is 0. The number of nitrogens with one attached hydrogen (secondary N) is 1. The van der Waals surface area contributed by atoms with E-state index in [1.54, 1.807) is 18.2 Å². The van der Waals surface area contributed by atoms with E-state index in [4.69, 9.17) is 33.8 Å². The molecule has 0 saturated heterocycles. The molecule has 0 aliphatic heterocycles. The van der Waals surface area contributed by atoms with E-state index in [2.05, 4.69) is 15.4 Å². The maximum Gasteiger partial charge on any atom is 0.169 e. The van der Waals surface area contributed by atoms with Crippen molar-refractivity contribution < 1.29 is 4.74 Å². The van der Waals surface area contributed by atoms with Crippen LogP contribution in [0.1, 0.15) is 5.82 Å². The first-order valence-corrected chi connectivity index (χ1v) is 7.60. The van der Waals surface area contributed by atoms with E-state index in [-0.39, 0.29) is 6.61 Å². The SMILES string of the molecule is NNc1nc(COc2cccc(Cl)c2Cl)nc2sccc12. The lowest BCUT2D eigenvalue weighted by Gasteiger charge is -2.09. The highest BCUT2D eigenvalue weighted by molar-refractivity contribution is 7.16. The number of hydrogen-bond acceptors (Lipinski definition) is 6. The highest BCUT2D eigenvalue weighted by Gasteiger charge is 2.10. The normalized spacial score (nSPS) is 10.8. The van der Waals surface area contributed by atoms with Crippen molar-refractivity contribution >= 4 is 50.6 Å². The number of rotatable bonds is 4. The van der Waals surface area contributed by atoms with E-state index in [0.717, 1.165) is 10.2 Å². The number of aromatic nitrogens is 2. The van der Waals surface area contributed by atoms with Crippen molar-refractivity contribution in [3.8, 4) is 5.75 Å². The first-order chi connectivity index (χ1) is 10.2. The smallest absolute Gasteiger partial charge is 0.169 e. The van der Waals surface area contributed by atoms with Gasteiger partial charge in [-0.05, 0) is 23.6 Å².